The summed E-state index contributed by atoms with van der Waals surface area (Å²) in [5.74, 6) is 3.50. The molecular formula is C22H27FN6O2. The average Bonchev–Trinajstić information content (AvgIpc) is 3.45. The van der Waals surface area contributed by atoms with Crippen LogP contribution in [0.2, 0.25) is 0 Å². The van der Waals surface area contributed by atoms with Gasteiger partial charge in [-0.1, -0.05) is 5.92 Å². The Morgan fingerprint density at radius 2 is 2.16 bits per heavy atom. The average molecular weight is 426 g/mol. The van der Waals surface area contributed by atoms with Gasteiger partial charge in [0.05, 0.1) is 30.8 Å². The van der Waals surface area contributed by atoms with Crippen LogP contribution >= 0.6 is 0 Å². The number of hydrogen-bond donors (Lipinski definition) is 2. The standard InChI is InChI=1S/C22H27FN6O2/c1-3-21(23)5-7-22(30,8-6-21)17-12-19(28-10-11-31-14-15(28)2)26-20-16(17)13-25-29(20)18-4-9-24-27-18/h1,4,9,12-13,15-16,20,30H,5-8,10-11,14H2,2H3,(H,24,27)/t15-,16?,20?,21?,22?/m1/s1. The van der Waals surface area contributed by atoms with Crippen molar-refractivity contribution in [3.05, 3.63) is 23.9 Å². The number of hydrazone groups is 1. The fraction of sp³-hybridized carbons (Fsp3) is 0.591. The van der Waals surface area contributed by atoms with Crippen LogP contribution in [0.4, 0.5) is 10.2 Å². The van der Waals surface area contributed by atoms with E-state index in [1.54, 1.807) is 11.2 Å². The number of morpholine rings is 1. The Morgan fingerprint density at radius 1 is 1.35 bits per heavy atom. The lowest BCUT2D eigenvalue weighted by molar-refractivity contribution is -0.00605. The van der Waals surface area contributed by atoms with Crippen molar-refractivity contribution in [1.29, 1.82) is 0 Å². The number of aromatic amines is 1. The number of aliphatic imine (C=N–C) groups is 1. The molecule has 2 N–H and O–H groups in total. The van der Waals surface area contributed by atoms with E-state index in [2.05, 4.69) is 33.0 Å². The molecule has 8 nitrogen and oxygen atoms in total. The van der Waals surface area contributed by atoms with Crippen LogP contribution in [0.3, 0.4) is 0 Å². The second-order valence-electron chi connectivity index (χ2n) is 8.83. The molecule has 1 saturated carbocycles. The first-order valence-corrected chi connectivity index (χ1v) is 10.8. The van der Waals surface area contributed by atoms with Gasteiger partial charge in [-0.15, -0.1) is 6.42 Å². The van der Waals surface area contributed by atoms with Gasteiger partial charge in [-0.25, -0.2) is 14.4 Å². The molecule has 31 heavy (non-hydrogen) atoms. The number of terminal acetylenes is 1. The van der Waals surface area contributed by atoms with Crippen molar-refractivity contribution in [3.63, 3.8) is 0 Å². The van der Waals surface area contributed by atoms with E-state index in [0.29, 0.717) is 25.6 Å². The van der Waals surface area contributed by atoms with E-state index >= 15 is 0 Å². The van der Waals surface area contributed by atoms with Gasteiger partial charge >= 0.3 is 0 Å². The molecule has 9 heteroatoms. The van der Waals surface area contributed by atoms with E-state index < -0.39 is 11.3 Å². The molecule has 1 saturated heterocycles. The van der Waals surface area contributed by atoms with E-state index in [-0.39, 0.29) is 43.8 Å². The molecule has 5 rings (SSSR count). The van der Waals surface area contributed by atoms with Crippen LogP contribution in [-0.4, -0.2) is 75.5 Å². The Hall–Kier alpha value is -2.70. The fourth-order valence-electron chi connectivity index (χ4n) is 4.96. The Labute approximate surface area is 180 Å². The number of halogens is 1. The number of aliphatic hydroxyl groups is 1. The summed E-state index contributed by atoms with van der Waals surface area (Å²) in [7, 11) is 0. The largest absolute Gasteiger partial charge is 0.385 e. The zero-order valence-electron chi connectivity index (χ0n) is 17.5. The number of alkyl halides is 1. The quantitative estimate of drug-likeness (QED) is 0.705. The molecule has 0 spiro atoms. The summed E-state index contributed by atoms with van der Waals surface area (Å²) in [6.45, 7) is 4.05. The third-order valence-electron chi connectivity index (χ3n) is 6.88. The van der Waals surface area contributed by atoms with Gasteiger partial charge in [-0.3, -0.25) is 5.10 Å². The number of amidine groups is 1. The second-order valence-corrected chi connectivity index (χ2v) is 8.83. The fourth-order valence-corrected chi connectivity index (χ4v) is 4.96. The molecule has 2 fully saturated rings. The maximum atomic E-state index is 14.7. The van der Waals surface area contributed by atoms with Crippen molar-refractivity contribution in [3.8, 4) is 12.3 Å². The predicted octanol–water partition coefficient (Wildman–Crippen LogP) is 1.86. The lowest BCUT2D eigenvalue weighted by Crippen LogP contribution is -2.52. The summed E-state index contributed by atoms with van der Waals surface area (Å²) in [6.07, 6.45) is 11.4. The third-order valence-corrected chi connectivity index (χ3v) is 6.88. The number of dihydropyridines is 1. The number of hydrogen-bond acceptors (Lipinski definition) is 7. The van der Waals surface area contributed by atoms with Gasteiger partial charge in [0, 0.05) is 25.0 Å². The van der Waals surface area contributed by atoms with E-state index in [1.165, 1.54) is 0 Å². The summed E-state index contributed by atoms with van der Waals surface area (Å²) in [6, 6.07) is 1.99. The highest BCUT2D eigenvalue weighted by molar-refractivity contribution is 5.97. The smallest absolute Gasteiger partial charge is 0.172 e. The summed E-state index contributed by atoms with van der Waals surface area (Å²) in [5.41, 5.74) is -1.98. The van der Waals surface area contributed by atoms with E-state index in [1.807, 2.05) is 18.4 Å². The number of nitrogens with one attached hydrogen (secondary N) is 1. The molecular weight excluding hydrogens is 399 g/mol. The van der Waals surface area contributed by atoms with Crippen molar-refractivity contribution in [2.75, 3.05) is 24.8 Å². The number of anilines is 1. The summed E-state index contributed by atoms with van der Waals surface area (Å²) >= 11 is 0. The highest BCUT2D eigenvalue weighted by Gasteiger charge is 2.50. The maximum Gasteiger partial charge on any atom is 0.172 e. The van der Waals surface area contributed by atoms with Gasteiger partial charge in [-0.2, -0.15) is 10.2 Å². The number of rotatable bonds is 2. The Balaban J connectivity index is 1.51. The molecule has 0 aromatic carbocycles. The van der Waals surface area contributed by atoms with Gasteiger partial charge < -0.3 is 14.7 Å². The van der Waals surface area contributed by atoms with Crippen LogP contribution < -0.4 is 5.01 Å². The van der Waals surface area contributed by atoms with Crippen LogP contribution in [0.5, 0.6) is 0 Å². The van der Waals surface area contributed by atoms with Gasteiger partial charge in [0.15, 0.2) is 17.7 Å². The number of aromatic nitrogens is 2. The minimum absolute atomic E-state index is 0.134. The van der Waals surface area contributed by atoms with Crippen LogP contribution in [0.1, 0.15) is 32.6 Å². The normalized spacial score (nSPS) is 37.8. The topological polar surface area (TPSA) is 89.3 Å². The number of fused-ring (bicyclic) bond motifs is 1. The molecule has 4 aliphatic rings. The summed E-state index contributed by atoms with van der Waals surface area (Å²) in [4.78, 5) is 7.22. The minimum atomic E-state index is -1.65. The molecule has 164 valence electrons. The molecule has 1 aromatic heterocycles. The SMILES string of the molecule is C#CC1(F)CCC(O)(C2=CC(N3CCOC[C@H]3C)=NC3C2C=NN3c2cc[nH]n2)CC1. The van der Waals surface area contributed by atoms with Crippen LogP contribution in [0.15, 0.2) is 34.0 Å². The highest BCUT2D eigenvalue weighted by atomic mass is 19.1. The van der Waals surface area contributed by atoms with Crippen LogP contribution in [0, 0.1) is 18.3 Å². The van der Waals surface area contributed by atoms with Crippen molar-refractivity contribution in [1.82, 2.24) is 15.1 Å². The van der Waals surface area contributed by atoms with Crippen molar-refractivity contribution in [2.24, 2.45) is 16.0 Å². The molecule has 0 radical (unpaired) electrons. The van der Waals surface area contributed by atoms with Gasteiger partial charge in [0.1, 0.15) is 5.84 Å². The van der Waals surface area contributed by atoms with E-state index in [9.17, 15) is 9.50 Å². The monoisotopic (exact) mass is 426 g/mol. The van der Waals surface area contributed by atoms with Crippen LogP contribution in [-0.2, 0) is 4.74 Å². The molecule has 3 atom stereocenters. The number of ether oxygens (including phenoxy) is 1. The third kappa shape index (κ3) is 3.44. The van der Waals surface area contributed by atoms with Crippen LogP contribution in [0.25, 0.3) is 0 Å². The van der Waals surface area contributed by atoms with E-state index in [4.69, 9.17) is 16.2 Å². The first kappa shape index (κ1) is 20.2. The summed E-state index contributed by atoms with van der Waals surface area (Å²) < 4.78 is 20.3. The molecule has 0 bridgehead atoms. The van der Waals surface area contributed by atoms with Gasteiger partial charge in [0.25, 0.3) is 0 Å². The first-order valence-electron chi connectivity index (χ1n) is 10.8. The van der Waals surface area contributed by atoms with Crippen molar-refractivity contribution >= 4 is 17.9 Å². The van der Waals surface area contributed by atoms with Gasteiger partial charge in [0.2, 0.25) is 0 Å². The number of H-pyrrole nitrogens is 1. The van der Waals surface area contributed by atoms with Gasteiger partial charge in [-0.05, 0) is 44.3 Å². The highest BCUT2D eigenvalue weighted by Crippen LogP contribution is 2.46. The molecule has 1 aliphatic carbocycles. The maximum absolute atomic E-state index is 14.7. The Bertz CT molecular complexity index is 957. The molecule has 4 heterocycles. The Kier molecular flexibility index (Phi) is 4.87. The zero-order valence-corrected chi connectivity index (χ0v) is 17.5. The predicted molar refractivity (Wildman–Crippen MR) is 115 cm³/mol. The lowest BCUT2D eigenvalue weighted by Gasteiger charge is -2.44. The molecule has 0 amide bonds. The minimum Gasteiger partial charge on any atom is -0.385 e. The van der Waals surface area contributed by atoms with Crippen molar-refractivity contribution < 1.29 is 14.2 Å². The van der Waals surface area contributed by atoms with Crippen molar-refractivity contribution in [2.45, 2.75) is 56.1 Å². The number of nitrogens with zero attached hydrogens (tertiary/aromatic N) is 5. The van der Waals surface area contributed by atoms with E-state index in [0.717, 1.165) is 11.4 Å². The zero-order chi connectivity index (χ0) is 21.6. The molecule has 3 aliphatic heterocycles. The second kappa shape index (κ2) is 7.46. The molecule has 1 aromatic rings. The lowest BCUT2D eigenvalue weighted by atomic mass is 9.69. The Morgan fingerprint density at radius 3 is 2.84 bits per heavy atom. The summed E-state index contributed by atoms with van der Waals surface area (Å²) in [5, 5.41) is 25.1. The molecule has 2 unspecified atom stereocenters. The first-order chi connectivity index (χ1) is 14.9.